The Morgan fingerprint density at radius 2 is 1.72 bits per heavy atom. The third-order valence-corrected chi connectivity index (χ3v) is 7.72. The summed E-state index contributed by atoms with van der Waals surface area (Å²) in [6.45, 7) is 7.75. The van der Waals surface area contributed by atoms with Crippen LogP contribution in [0.3, 0.4) is 0 Å². The van der Waals surface area contributed by atoms with Gasteiger partial charge in [-0.3, -0.25) is 9.59 Å². The number of carbonyl (C=O) groups is 2. The predicted molar refractivity (Wildman–Crippen MR) is 118 cm³/mol. The molecule has 1 atom stereocenters. The van der Waals surface area contributed by atoms with Crippen molar-refractivity contribution < 1.29 is 22.5 Å². The van der Waals surface area contributed by atoms with Gasteiger partial charge in [-0.05, 0) is 25.3 Å². The molecular formula is C22H30N4O5S. The number of piperazine rings is 1. The number of aromatic nitrogens is 1. The van der Waals surface area contributed by atoms with Crippen molar-refractivity contribution in [2.75, 3.05) is 26.2 Å². The smallest absolute Gasteiger partial charge is 0.248 e. The molecular weight excluding hydrogens is 432 g/mol. The van der Waals surface area contributed by atoms with Crippen LogP contribution in [0.2, 0.25) is 0 Å². The second-order valence-electron chi connectivity index (χ2n) is 8.33. The van der Waals surface area contributed by atoms with Crippen LogP contribution in [0, 0.1) is 19.8 Å². The molecule has 1 saturated heterocycles. The fourth-order valence-corrected chi connectivity index (χ4v) is 5.55. The van der Waals surface area contributed by atoms with E-state index in [1.54, 1.807) is 18.7 Å². The Balaban J connectivity index is 1.63. The summed E-state index contributed by atoms with van der Waals surface area (Å²) in [4.78, 5) is 27.4. The largest absolute Gasteiger partial charge is 0.360 e. The van der Waals surface area contributed by atoms with Crippen molar-refractivity contribution in [2.24, 2.45) is 5.92 Å². The standard InChI is InChI=1S/C22H30N4O5S/c1-15(2)20(23-19(27)14-18-8-6-5-7-9-18)22(28)25-10-12-26(13-11-25)32(29,30)21-16(3)24-31-17(21)4/h5-9,15,20H,10-14H2,1-4H3,(H,23,27)/t20-/m0/s1. The summed E-state index contributed by atoms with van der Waals surface area (Å²) in [7, 11) is -3.75. The second-order valence-corrected chi connectivity index (χ2v) is 10.2. The minimum absolute atomic E-state index is 0.0884. The molecule has 2 aromatic rings. The normalized spacial score (nSPS) is 16.2. The van der Waals surface area contributed by atoms with Crippen LogP contribution >= 0.6 is 0 Å². The van der Waals surface area contributed by atoms with Gasteiger partial charge in [-0.25, -0.2) is 8.42 Å². The molecule has 0 aliphatic carbocycles. The van der Waals surface area contributed by atoms with E-state index in [0.29, 0.717) is 5.69 Å². The van der Waals surface area contributed by atoms with Crippen LogP contribution in [0.15, 0.2) is 39.8 Å². The maximum absolute atomic E-state index is 13.1. The Morgan fingerprint density at radius 1 is 1.09 bits per heavy atom. The lowest BCUT2D eigenvalue weighted by Crippen LogP contribution is -2.57. The van der Waals surface area contributed by atoms with Gasteiger partial charge in [-0.2, -0.15) is 4.31 Å². The van der Waals surface area contributed by atoms with E-state index < -0.39 is 16.1 Å². The van der Waals surface area contributed by atoms with Crippen LogP contribution in [0.5, 0.6) is 0 Å². The number of amides is 2. The summed E-state index contributed by atoms with van der Waals surface area (Å²) in [5, 5.41) is 6.59. The second kappa shape index (κ2) is 9.83. The molecule has 1 aromatic carbocycles. The first-order chi connectivity index (χ1) is 15.1. The van der Waals surface area contributed by atoms with E-state index >= 15 is 0 Å². The third kappa shape index (κ3) is 5.18. The zero-order valence-corrected chi connectivity index (χ0v) is 19.7. The molecule has 0 radical (unpaired) electrons. The lowest BCUT2D eigenvalue weighted by atomic mass is 10.0. The molecule has 1 aliphatic heterocycles. The molecule has 32 heavy (non-hydrogen) atoms. The van der Waals surface area contributed by atoms with Crippen LogP contribution in [-0.2, 0) is 26.0 Å². The molecule has 1 N–H and O–H groups in total. The summed E-state index contributed by atoms with van der Waals surface area (Å²) < 4.78 is 32.3. The Kier molecular flexibility index (Phi) is 7.35. The number of nitrogens with one attached hydrogen (secondary N) is 1. The number of sulfonamides is 1. The van der Waals surface area contributed by atoms with Gasteiger partial charge in [0.2, 0.25) is 21.8 Å². The SMILES string of the molecule is Cc1noc(C)c1S(=O)(=O)N1CCN(C(=O)[C@@H](NC(=O)Cc2ccccc2)C(C)C)CC1. The van der Waals surface area contributed by atoms with Gasteiger partial charge in [-0.1, -0.05) is 49.3 Å². The lowest BCUT2D eigenvalue weighted by Gasteiger charge is -2.36. The van der Waals surface area contributed by atoms with Gasteiger partial charge >= 0.3 is 0 Å². The molecule has 10 heteroatoms. The molecule has 2 heterocycles. The number of hydrogen-bond donors (Lipinski definition) is 1. The first-order valence-electron chi connectivity index (χ1n) is 10.7. The molecule has 1 aromatic heterocycles. The van der Waals surface area contributed by atoms with Gasteiger partial charge in [0.25, 0.3) is 0 Å². The average molecular weight is 463 g/mol. The fraction of sp³-hybridized carbons (Fsp3) is 0.500. The first kappa shape index (κ1) is 23.9. The van der Waals surface area contributed by atoms with Crippen molar-refractivity contribution in [2.45, 2.75) is 45.1 Å². The first-order valence-corrected chi connectivity index (χ1v) is 12.1. The summed E-state index contributed by atoms with van der Waals surface area (Å²) >= 11 is 0. The van der Waals surface area contributed by atoms with Crippen molar-refractivity contribution in [3.05, 3.63) is 47.3 Å². The topological polar surface area (TPSA) is 113 Å². The summed E-state index contributed by atoms with van der Waals surface area (Å²) in [5.41, 5.74) is 1.19. The number of benzene rings is 1. The lowest BCUT2D eigenvalue weighted by molar-refractivity contribution is -0.138. The number of nitrogens with zero attached hydrogens (tertiary/aromatic N) is 3. The Bertz CT molecular complexity index is 1040. The summed E-state index contributed by atoms with van der Waals surface area (Å²) in [6.07, 6.45) is 0.195. The van der Waals surface area contributed by atoms with Gasteiger partial charge in [-0.15, -0.1) is 0 Å². The van der Waals surface area contributed by atoms with Crippen LogP contribution in [0.25, 0.3) is 0 Å². The Hall–Kier alpha value is -2.72. The minimum atomic E-state index is -3.75. The number of rotatable bonds is 7. The molecule has 0 saturated carbocycles. The third-order valence-electron chi connectivity index (χ3n) is 5.57. The van der Waals surface area contributed by atoms with Gasteiger partial charge in [0.15, 0.2) is 5.76 Å². The van der Waals surface area contributed by atoms with Crippen molar-refractivity contribution in [3.8, 4) is 0 Å². The van der Waals surface area contributed by atoms with E-state index in [0.717, 1.165) is 5.56 Å². The van der Waals surface area contributed by atoms with E-state index in [1.165, 1.54) is 4.31 Å². The van der Waals surface area contributed by atoms with Crippen molar-refractivity contribution >= 4 is 21.8 Å². The highest BCUT2D eigenvalue weighted by atomic mass is 32.2. The Labute approximate surface area is 188 Å². The van der Waals surface area contributed by atoms with E-state index in [2.05, 4.69) is 10.5 Å². The van der Waals surface area contributed by atoms with E-state index in [4.69, 9.17) is 4.52 Å². The highest BCUT2D eigenvalue weighted by molar-refractivity contribution is 7.89. The number of hydrogen-bond acceptors (Lipinski definition) is 6. The fourth-order valence-electron chi connectivity index (χ4n) is 3.84. The molecule has 0 spiro atoms. The number of carbonyl (C=O) groups excluding carboxylic acids is 2. The molecule has 2 amide bonds. The molecule has 3 rings (SSSR count). The highest BCUT2D eigenvalue weighted by Gasteiger charge is 2.36. The van der Waals surface area contributed by atoms with Gasteiger partial charge in [0.1, 0.15) is 16.6 Å². The Morgan fingerprint density at radius 3 is 2.25 bits per heavy atom. The highest BCUT2D eigenvalue weighted by Crippen LogP contribution is 2.24. The van der Waals surface area contributed by atoms with Gasteiger partial charge < -0.3 is 14.7 Å². The maximum Gasteiger partial charge on any atom is 0.248 e. The van der Waals surface area contributed by atoms with Crippen LogP contribution in [-0.4, -0.2) is 66.8 Å². The van der Waals surface area contributed by atoms with Crippen LogP contribution in [0.1, 0.15) is 30.9 Å². The summed E-state index contributed by atoms with van der Waals surface area (Å²) in [5.74, 6) is -0.271. The molecule has 0 unspecified atom stereocenters. The van der Waals surface area contributed by atoms with Crippen LogP contribution < -0.4 is 5.32 Å². The van der Waals surface area contributed by atoms with E-state index in [9.17, 15) is 18.0 Å². The molecule has 1 fully saturated rings. The minimum Gasteiger partial charge on any atom is -0.360 e. The van der Waals surface area contributed by atoms with Crippen molar-refractivity contribution in [3.63, 3.8) is 0 Å². The number of aryl methyl sites for hydroxylation is 2. The maximum atomic E-state index is 13.1. The van der Waals surface area contributed by atoms with Crippen molar-refractivity contribution in [1.82, 2.24) is 19.7 Å². The quantitative estimate of drug-likeness (QED) is 0.667. The zero-order valence-electron chi connectivity index (χ0n) is 18.9. The molecule has 1 aliphatic rings. The molecule has 0 bridgehead atoms. The molecule has 174 valence electrons. The van der Waals surface area contributed by atoms with E-state index in [1.807, 2.05) is 44.2 Å². The van der Waals surface area contributed by atoms with Gasteiger partial charge in [0.05, 0.1) is 6.42 Å². The van der Waals surface area contributed by atoms with Crippen LogP contribution in [0.4, 0.5) is 0 Å². The van der Waals surface area contributed by atoms with Crippen molar-refractivity contribution in [1.29, 1.82) is 0 Å². The van der Waals surface area contributed by atoms with E-state index in [-0.39, 0.29) is 61.0 Å². The zero-order chi connectivity index (χ0) is 23.5. The predicted octanol–water partition coefficient (Wildman–Crippen LogP) is 1.51. The van der Waals surface area contributed by atoms with Gasteiger partial charge in [0, 0.05) is 26.2 Å². The summed E-state index contributed by atoms with van der Waals surface area (Å²) in [6, 6.07) is 8.67. The average Bonchev–Trinajstić information content (AvgIpc) is 3.11. The monoisotopic (exact) mass is 462 g/mol. The molecule has 9 nitrogen and oxygen atoms in total.